The van der Waals surface area contributed by atoms with Gasteiger partial charge in [0.15, 0.2) is 0 Å². The molecule has 0 saturated carbocycles. The SMILES string of the molecule is CC(C)(C(=O)NCc1ccc(F)cc1)C(=O)Nc1ccc(Cl)cc1Cl. The zero-order chi connectivity index (χ0) is 18.6. The van der Waals surface area contributed by atoms with Crippen LogP contribution in [0.3, 0.4) is 0 Å². The van der Waals surface area contributed by atoms with Crippen LogP contribution >= 0.6 is 23.2 Å². The van der Waals surface area contributed by atoms with E-state index in [1.807, 2.05) is 0 Å². The summed E-state index contributed by atoms with van der Waals surface area (Å²) in [6.45, 7) is 3.20. The Hall–Kier alpha value is -2.11. The lowest BCUT2D eigenvalue weighted by Gasteiger charge is -2.23. The monoisotopic (exact) mass is 382 g/mol. The van der Waals surface area contributed by atoms with Gasteiger partial charge in [0.05, 0.1) is 10.7 Å². The van der Waals surface area contributed by atoms with Crippen molar-refractivity contribution in [3.63, 3.8) is 0 Å². The normalized spacial score (nSPS) is 11.1. The fraction of sp³-hybridized carbons (Fsp3) is 0.222. The van der Waals surface area contributed by atoms with Gasteiger partial charge < -0.3 is 10.6 Å². The Morgan fingerprint density at radius 1 is 1.04 bits per heavy atom. The third-order valence-electron chi connectivity index (χ3n) is 3.68. The second-order valence-corrected chi connectivity index (χ2v) is 6.86. The molecule has 7 heteroatoms. The Kier molecular flexibility index (Phi) is 6.03. The first kappa shape index (κ1) is 19.2. The molecule has 0 atom stereocenters. The number of halogens is 3. The van der Waals surface area contributed by atoms with E-state index in [0.29, 0.717) is 10.7 Å². The summed E-state index contributed by atoms with van der Waals surface area (Å²) >= 11 is 11.8. The average molecular weight is 383 g/mol. The van der Waals surface area contributed by atoms with E-state index in [1.165, 1.54) is 32.0 Å². The van der Waals surface area contributed by atoms with Crippen LogP contribution in [0.15, 0.2) is 42.5 Å². The van der Waals surface area contributed by atoms with Crippen LogP contribution in [0, 0.1) is 11.2 Å². The summed E-state index contributed by atoms with van der Waals surface area (Å²) in [4.78, 5) is 24.8. The van der Waals surface area contributed by atoms with Gasteiger partial charge in [-0.3, -0.25) is 9.59 Å². The van der Waals surface area contributed by atoms with Crippen LogP contribution in [0.5, 0.6) is 0 Å². The molecule has 25 heavy (non-hydrogen) atoms. The van der Waals surface area contributed by atoms with Crippen LogP contribution in [0.2, 0.25) is 10.0 Å². The van der Waals surface area contributed by atoms with E-state index < -0.39 is 17.2 Å². The van der Waals surface area contributed by atoms with Crippen LogP contribution in [0.25, 0.3) is 0 Å². The van der Waals surface area contributed by atoms with Crippen molar-refractivity contribution in [3.05, 3.63) is 63.9 Å². The predicted octanol–water partition coefficient (Wildman–Crippen LogP) is 4.41. The number of anilines is 1. The summed E-state index contributed by atoms with van der Waals surface area (Å²) in [6.07, 6.45) is 0. The molecule has 0 radical (unpaired) electrons. The number of carbonyl (C=O) groups is 2. The lowest BCUT2D eigenvalue weighted by atomic mass is 9.90. The number of hydrogen-bond donors (Lipinski definition) is 2. The Labute approximate surface area is 155 Å². The van der Waals surface area contributed by atoms with Crippen molar-refractivity contribution in [2.75, 3.05) is 5.32 Å². The maximum atomic E-state index is 12.9. The highest BCUT2D eigenvalue weighted by molar-refractivity contribution is 6.36. The topological polar surface area (TPSA) is 58.2 Å². The van der Waals surface area contributed by atoms with E-state index >= 15 is 0 Å². The van der Waals surface area contributed by atoms with Crippen LogP contribution in [-0.2, 0) is 16.1 Å². The maximum Gasteiger partial charge on any atom is 0.239 e. The fourth-order valence-electron chi connectivity index (χ4n) is 1.98. The van der Waals surface area contributed by atoms with E-state index in [9.17, 15) is 14.0 Å². The van der Waals surface area contributed by atoms with Crippen molar-refractivity contribution in [2.24, 2.45) is 5.41 Å². The van der Waals surface area contributed by atoms with Crippen LogP contribution in [0.4, 0.5) is 10.1 Å². The highest BCUT2D eigenvalue weighted by atomic mass is 35.5. The number of carbonyl (C=O) groups excluding carboxylic acids is 2. The van der Waals surface area contributed by atoms with Gasteiger partial charge in [-0.15, -0.1) is 0 Å². The van der Waals surface area contributed by atoms with Crippen molar-refractivity contribution >= 4 is 40.7 Å². The summed E-state index contributed by atoms with van der Waals surface area (Å²) in [5.41, 5.74) is -0.231. The summed E-state index contributed by atoms with van der Waals surface area (Å²) in [7, 11) is 0. The molecule has 0 heterocycles. The molecule has 0 unspecified atom stereocenters. The molecule has 0 aromatic heterocycles. The molecule has 2 N–H and O–H groups in total. The molecule has 0 aliphatic heterocycles. The fourth-order valence-corrected chi connectivity index (χ4v) is 2.43. The number of rotatable bonds is 5. The van der Waals surface area contributed by atoms with Gasteiger partial charge in [-0.1, -0.05) is 35.3 Å². The third-order valence-corrected chi connectivity index (χ3v) is 4.23. The first-order valence-corrected chi connectivity index (χ1v) is 8.25. The van der Waals surface area contributed by atoms with E-state index in [0.717, 1.165) is 5.56 Å². The van der Waals surface area contributed by atoms with Crippen molar-refractivity contribution < 1.29 is 14.0 Å². The van der Waals surface area contributed by atoms with Gasteiger partial charge in [0.1, 0.15) is 11.2 Å². The number of hydrogen-bond acceptors (Lipinski definition) is 2. The molecule has 2 aromatic rings. The summed E-state index contributed by atoms with van der Waals surface area (Å²) in [6, 6.07) is 10.4. The summed E-state index contributed by atoms with van der Waals surface area (Å²) in [5, 5.41) is 6.02. The van der Waals surface area contributed by atoms with Crippen LogP contribution in [-0.4, -0.2) is 11.8 Å². The van der Waals surface area contributed by atoms with Crippen LogP contribution in [0.1, 0.15) is 19.4 Å². The Morgan fingerprint density at radius 2 is 1.68 bits per heavy atom. The van der Waals surface area contributed by atoms with E-state index in [4.69, 9.17) is 23.2 Å². The highest BCUT2D eigenvalue weighted by Crippen LogP contribution is 2.27. The number of nitrogens with one attached hydrogen (secondary N) is 2. The van der Waals surface area contributed by atoms with E-state index in [1.54, 1.807) is 24.3 Å². The minimum absolute atomic E-state index is 0.192. The van der Waals surface area contributed by atoms with Gasteiger partial charge in [-0.25, -0.2) is 4.39 Å². The molecule has 2 rings (SSSR count). The van der Waals surface area contributed by atoms with Gasteiger partial charge in [0.25, 0.3) is 0 Å². The molecular formula is C18H17Cl2FN2O2. The van der Waals surface area contributed by atoms with Crippen molar-refractivity contribution in [1.82, 2.24) is 5.32 Å². The van der Waals surface area contributed by atoms with Crippen molar-refractivity contribution in [2.45, 2.75) is 20.4 Å². The standard InChI is InChI=1S/C18H17Cl2FN2O2/c1-18(2,16(24)22-10-11-3-6-13(21)7-4-11)17(25)23-15-8-5-12(19)9-14(15)20/h3-9H,10H2,1-2H3,(H,22,24)(H,23,25). The lowest BCUT2D eigenvalue weighted by molar-refractivity contribution is -0.138. The summed E-state index contributed by atoms with van der Waals surface area (Å²) < 4.78 is 12.9. The van der Waals surface area contributed by atoms with Gasteiger partial charge in [-0.05, 0) is 49.7 Å². The molecule has 0 aliphatic carbocycles. The smallest absolute Gasteiger partial charge is 0.239 e. The largest absolute Gasteiger partial charge is 0.351 e. The first-order valence-electron chi connectivity index (χ1n) is 7.49. The van der Waals surface area contributed by atoms with Gasteiger partial charge in [0, 0.05) is 11.6 Å². The average Bonchev–Trinajstić information content (AvgIpc) is 2.56. The Morgan fingerprint density at radius 3 is 2.28 bits per heavy atom. The Balaban J connectivity index is 2.01. The van der Waals surface area contributed by atoms with Gasteiger partial charge >= 0.3 is 0 Å². The molecule has 0 saturated heterocycles. The second-order valence-electron chi connectivity index (χ2n) is 6.01. The molecule has 2 amide bonds. The predicted molar refractivity (Wildman–Crippen MR) is 97.1 cm³/mol. The molecule has 2 aromatic carbocycles. The summed E-state index contributed by atoms with van der Waals surface area (Å²) in [5.74, 6) is -1.32. The third kappa shape index (κ3) is 4.94. The second kappa shape index (κ2) is 7.85. The molecule has 0 bridgehead atoms. The van der Waals surface area contributed by atoms with E-state index in [-0.39, 0.29) is 17.4 Å². The minimum Gasteiger partial charge on any atom is -0.351 e. The zero-order valence-corrected chi connectivity index (χ0v) is 15.2. The molecule has 0 aliphatic rings. The molecule has 0 spiro atoms. The molecular weight excluding hydrogens is 366 g/mol. The molecule has 0 fully saturated rings. The zero-order valence-electron chi connectivity index (χ0n) is 13.7. The maximum absolute atomic E-state index is 12.9. The lowest BCUT2D eigenvalue weighted by Crippen LogP contribution is -2.44. The van der Waals surface area contributed by atoms with Crippen LogP contribution < -0.4 is 10.6 Å². The number of amides is 2. The number of benzene rings is 2. The van der Waals surface area contributed by atoms with Crippen molar-refractivity contribution in [3.8, 4) is 0 Å². The quantitative estimate of drug-likeness (QED) is 0.752. The Bertz CT molecular complexity index is 792. The minimum atomic E-state index is -1.33. The van der Waals surface area contributed by atoms with Gasteiger partial charge in [-0.2, -0.15) is 0 Å². The van der Waals surface area contributed by atoms with E-state index in [2.05, 4.69) is 10.6 Å². The highest BCUT2D eigenvalue weighted by Gasteiger charge is 2.36. The van der Waals surface area contributed by atoms with Crippen molar-refractivity contribution in [1.29, 1.82) is 0 Å². The van der Waals surface area contributed by atoms with Gasteiger partial charge in [0.2, 0.25) is 11.8 Å². The first-order chi connectivity index (χ1) is 11.7. The molecule has 132 valence electrons. The molecule has 4 nitrogen and oxygen atoms in total.